The Morgan fingerprint density at radius 1 is 0.861 bits per heavy atom. The van der Waals surface area contributed by atoms with E-state index in [2.05, 4.69) is 87.7 Å². The normalized spacial score (nSPS) is 16.0. The molecule has 6 nitrogen and oxygen atoms in total. The fourth-order valence-corrected chi connectivity index (χ4v) is 4.94. The summed E-state index contributed by atoms with van der Waals surface area (Å²) in [6.07, 6.45) is 4.40. The highest BCUT2D eigenvalue weighted by atomic mass is 19.1. The highest BCUT2D eigenvalue weighted by Crippen LogP contribution is 2.31. The van der Waals surface area contributed by atoms with Crippen LogP contribution in [0.3, 0.4) is 0 Å². The Balaban J connectivity index is 1.39. The predicted octanol–water partition coefficient (Wildman–Crippen LogP) is 4.84. The second-order valence-electron chi connectivity index (χ2n) is 9.29. The number of halogens is 1. The van der Waals surface area contributed by atoms with E-state index in [4.69, 9.17) is 0 Å². The molecule has 0 amide bonds. The molecule has 1 fully saturated rings. The third-order valence-corrected chi connectivity index (χ3v) is 6.82. The molecule has 1 aromatic heterocycles. The minimum Gasteiger partial charge on any atom is -0.297 e. The maximum Gasteiger partial charge on any atom is 0.178 e. The van der Waals surface area contributed by atoms with Gasteiger partial charge in [0.05, 0.1) is 11.7 Å². The molecule has 0 N–H and O–H groups in total. The standard InChI is InChI=1S/C29H31FN6/c1-22-8-6-9-23(2)27(22)36-29(31-32-33-36)28(25-13-15-26(30)16-14-25)35-20-18-34(19-21-35)17-7-12-24-10-4-3-5-11-24/h3-16,28H,17-21H2,1-2H3/b12-7+. The quantitative estimate of drug-likeness (QED) is 0.377. The SMILES string of the molecule is Cc1cccc(C)c1-n1nnnc1C(c1ccc(F)cc1)N1CCN(C/C=C/c2ccccc2)CC1. The van der Waals surface area contributed by atoms with Gasteiger partial charge in [-0.3, -0.25) is 9.80 Å². The molecule has 4 aromatic rings. The first-order valence-corrected chi connectivity index (χ1v) is 12.4. The molecule has 0 radical (unpaired) electrons. The molecule has 2 heterocycles. The minimum atomic E-state index is -0.248. The van der Waals surface area contributed by atoms with Gasteiger partial charge in [0.15, 0.2) is 5.82 Å². The van der Waals surface area contributed by atoms with Crippen molar-refractivity contribution >= 4 is 6.08 Å². The van der Waals surface area contributed by atoms with Crippen molar-refractivity contribution < 1.29 is 4.39 Å². The number of hydrogen-bond donors (Lipinski definition) is 0. The molecule has 3 aromatic carbocycles. The summed E-state index contributed by atoms with van der Waals surface area (Å²) >= 11 is 0. The zero-order chi connectivity index (χ0) is 24.9. The van der Waals surface area contributed by atoms with E-state index in [-0.39, 0.29) is 11.9 Å². The number of hydrogen-bond acceptors (Lipinski definition) is 5. The van der Waals surface area contributed by atoms with Crippen LogP contribution in [0.5, 0.6) is 0 Å². The molecule has 1 saturated heterocycles. The lowest BCUT2D eigenvalue weighted by molar-refractivity contribution is 0.113. The summed E-state index contributed by atoms with van der Waals surface area (Å²) in [4.78, 5) is 4.85. The van der Waals surface area contributed by atoms with Gasteiger partial charge in [-0.1, -0.05) is 72.8 Å². The lowest BCUT2D eigenvalue weighted by Gasteiger charge is -2.38. The van der Waals surface area contributed by atoms with Gasteiger partial charge in [0.1, 0.15) is 5.82 Å². The molecule has 0 spiro atoms. The van der Waals surface area contributed by atoms with Gasteiger partial charge in [0.25, 0.3) is 0 Å². The highest BCUT2D eigenvalue weighted by molar-refractivity contribution is 5.49. The average Bonchev–Trinajstić information content (AvgIpc) is 3.36. The van der Waals surface area contributed by atoms with Gasteiger partial charge in [-0.15, -0.1) is 5.10 Å². The van der Waals surface area contributed by atoms with Crippen LogP contribution in [0, 0.1) is 19.7 Å². The van der Waals surface area contributed by atoms with Crippen LogP contribution in [0.25, 0.3) is 11.8 Å². The van der Waals surface area contributed by atoms with E-state index in [9.17, 15) is 4.39 Å². The van der Waals surface area contributed by atoms with Crippen molar-refractivity contribution in [1.29, 1.82) is 0 Å². The Morgan fingerprint density at radius 3 is 2.25 bits per heavy atom. The van der Waals surface area contributed by atoms with E-state index in [1.807, 2.05) is 28.9 Å². The maximum atomic E-state index is 13.8. The molecule has 1 aliphatic heterocycles. The van der Waals surface area contributed by atoms with Gasteiger partial charge in [-0.25, -0.2) is 4.39 Å². The van der Waals surface area contributed by atoms with Gasteiger partial charge < -0.3 is 0 Å². The van der Waals surface area contributed by atoms with Crippen LogP contribution in [0.4, 0.5) is 4.39 Å². The van der Waals surface area contributed by atoms with Crippen LogP contribution in [-0.4, -0.2) is 62.7 Å². The molecule has 0 saturated carbocycles. The lowest BCUT2D eigenvalue weighted by Crippen LogP contribution is -2.48. The summed E-state index contributed by atoms with van der Waals surface area (Å²) in [6, 6.07) is 23.1. The summed E-state index contributed by atoms with van der Waals surface area (Å²) in [5.74, 6) is 0.498. The van der Waals surface area contributed by atoms with Crippen molar-refractivity contribution in [3.63, 3.8) is 0 Å². The lowest BCUT2D eigenvalue weighted by atomic mass is 10.0. The topological polar surface area (TPSA) is 50.1 Å². The zero-order valence-electron chi connectivity index (χ0n) is 20.8. The van der Waals surface area contributed by atoms with Gasteiger partial charge in [-0.2, -0.15) is 4.68 Å². The molecular formula is C29H31FN6. The number of benzene rings is 3. The number of rotatable bonds is 7. The molecule has 36 heavy (non-hydrogen) atoms. The van der Waals surface area contributed by atoms with Gasteiger partial charge in [0, 0.05) is 32.7 Å². The van der Waals surface area contributed by atoms with Crippen molar-refractivity contribution in [2.75, 3.05) is 32.7 Å². The summed E-state index contributed by atoms with van der Waals surface area (Å²) < 4.78 is 15.7. The van der Waals surface area contributed by atoms with E-state index in [1.54, 1.807) is 0 Å². The van der Waals surface area contributed by atoms with Crippen molar-refractivity contribution in [3.05, 3.63) is 113 Å². The first kappa shape index (κ1) is 24.0. The monoisotopic (exact) mass is 482 g/mol. The van der Waals surface area contributed by atoms with Crippen LogP contribution in [-0.2, 0) is 0 Å². The van der Waals surface area contributed by atoms with Crippen LogP contribution in [0.1, 0.15) is 34.1 Å². The van der Waals surface area contributed by atoms with Crippen LogP contribution < -0.4 is 0 Å². The molecule has 5 rings (SSSR count). The maximum absolute atomic E-state index is 13.8. The summed E-state index contributed by atoms with van der Waals surface area (Å²) in [5.41, 5.74) is 5.41. The Labute approximate surface area is 211 Å². The number of aryl methyl sites for hydroxylation is 2. The van der Waals surface area contributed by atoms with Crippen LogP contribution in [0.2, 0.25) is 0 Å². The fourth-order valence-electron chi connectivity index (χ4n) is 4.94. The minimum absolute atomic E-state index is 0.179. The molecule has 1 unspecified atom stereocenters. The van der Waals surface area contributed by atoms with E-state index >= 15 is 0 Å². The number of nitrogens with zero attached hydrogens (tertiary/aromatic N) is 6. The summed E-state index contributed by atoms with van der Waals surface area (Å²) in [6.45, 7) is 8.64. The largest absolute Gasteiger partial charge is 0.297 e. The second-order valence-corrected chi connectivity index (χ2v) is 9.29. The summed E-state index contributed by atoms with van der Waals surface area (Å²) in [5, 5.41) is 12.9. The molecule has 0 aliphatic carbocycles. The van der Waals surface area contributed by atoms with Crippen molar-refractivity contribution in [3.8, 4) is 5.69 Å². The predicted molar refractivity (Wildman–Crippen MR) is 140 cm³/mol. The number of para-hydroxylation sites is 1. The van der Waals surface area contributed by atoms with Gasteiger partial charge >= 0.3 is 0 Å². The highest BCUT2D eigenvalue weighted by Gasteiger charge is 2.31. The Kier molecular flexibility index (Phi) is 7.30. The Morgan fingerprint density at radius 2 is 1.56 bits per heavy atom. The van der Waals surface area contributed by atoms with Crippen molar-refractivity contribution in [2.24, 2.45) is 0 Å². The molecule has 1 atom stereocenters. The second kappa shape index (κ2) is 10.9. The van der Waals surface area contributed by atoms with Crippen molar-refractivity contribution in [1.82, 2.24) is 30.0 Å². The smallest absolute Gasteiger partial charge is 0.178 e. The summed E-state index contributed by atoms with van der Waals surface area (Å²) in [7, 11) is 0. The number of aromatic nitrogens is 4. The fraction of sp³-hybridized carbons (Fsp3) is 0.276. The van der Waals surface area contributed by atoms with E-state index < -0.39 is 0 Å². The van der Waals surface area contributed by atoms with Gasteiger partial charge in [0.2, 0.25) is 0 Å². The Bertz CT molecular complexity index is 1290. The van der Waals surface area contributed by atoms with Gasteiger partial charge in [-0.05, 0) is 58.7 Å². The molecule has 7 heteroatoms. The Hall–Kier alpha value is -3.68. The van der Waals surface area contributed by atoms with E-state index in [0.29, 0.717) is 0 Å². The number of tetrazole rings is 1. The third-order valence-electron chi connectivity index (χ3n) is 6.82. The van der Waals surface area contributed by atoms with E-state index in [1.165, 1.54) is 17.7 Å². The first-order chi connectivity index (χ1) is 17.6. The molecule has 184 valence electrons. The van der Waals surface area contributed by atoms with Crippen LogP contribution >= 0.6 is 0 Å². The third kappa shape index (κ3) is 5.27. The molecule has 1 aliphatic rings. The number of piperazine rings is 1. The molecule has 0 bridgehead atoms. The molecular weight excluding hydrogens is 451 g/mol. The first-order valence-electron chi connectivity index (χ1n) is 12.4. The van der Waals surface area contributed by atoms with Crippen LogP contribution in [0.15, 0.2) is 78.9 Å². The van der Waals surface area contributed by atoms with E-state index in [0.717, 1.165) is 60.9 Å². The average molecular weight is 483 g/mol. The van der Waals surface area contributed by atoms with Crippen molar-refractivity contribution in [2.45, 2.75) is 19.9 Å². The zero-order valence-corrected chi connectivity index (χ0v) is 20.8.